The third-order valence-corrected chi connectivity index (χ3v) is 2.56. The van der Waals surface area contributed by atoms with Crippen molar-refractivity contribution in [2.75, 3.05) is 11.9 Å². The van der Waals surface area contributed by atoms with Gasteiger partial charge >= 0.3 is 0 Å². The van der Waals surface area contributed by atoms with E-state index in [0.29, 0.717) is 12.0 Å². The van der Waals surface area contributed by atoms with Crippen LogP contribution < -0.4 is 10.1 Å². The maximum atomic E-state index is 5.75. The molecule has 82 valence electrons. The molecule has 1 aromatic heterocycles. The van der Waals surface area contributed by atoms with E-state index in [2.05, 4.69) is 15.3 Å². The molecule has 15 heavy (non-hydrogen) atoms. The van der Waals surface area contributed by atoms with E-state index in [9.17, 15) is 0 Å². The lowest BCUT2D eigenvalue weighted by Crippen LogP contribution is -2.12. The van der Waals surface area contributed by atoms with Gasteiger partial charge in [-0.15, -0.1) is 0 Å². The maximum absolute atomic E-state index is 5.75. The predicted octanol–water partition coefficient (Wildman–Crippen LogP) is 2.23. The van der Waals surface area contributed by atoms with Crippen molar-refractivity contribution in [3.63, 3.8) is 0 Å². The van der Waals surface area contributed by atoms with E-state index in [0.717, 1.165) is 25.2 Å². The summed E-state index contributed by atoms with van der Waals surface area (Å²) in [5.74, 6) is 1.42. The van der Waals surface area contributed by atoms with Gasteiger partial charge in [0, 0.05) is 6.54 Å². The number of hydrogen-bond donors (Lipinski definition) is 1. The molecule has 0 unspecified atom stereocenters. The first-order valence-electron chi connectivity index (χ1n) is 5.61. The summed E-state index contributed by atoms with van der Waals surface area (Å²) in [4.78, 5) is 8.43. The number of nitrogens with one attached hydrogen (secondary N) is 1. The zero-order chi connectivity index (χ0) is 10.5. The molecule has 0 aromatic carbocycles. The van der Waals surface area contributed by atoms with Gasteiger partial charge in [0.2, 0.25) is 5.88 Å². The van der Waals surface area contributed by atoms with E-state index in [1.54, 1.807) is 12.4 Å². The van der Waals surface area contributed by atoms with Crippen LogP contribution in [0.25, 0.3) is 0 Å². The Hall–Kier alpha value is -1.32. The van der Waals surface area contributed by atoms with Crippen molar-refractivity contribution in [1.29, 1.82) is 0 Å². The molecule has 1 saturated carbocycles. The molecule has 0 amide bonds. The van der Waals surface area contributed by atoms with E-state index in [1.807, 2.05) is 6.92 Å². The van der Waals surface area contributed by atoms with Gasteiger partial charge in [0.1, 0.15) is 11.9 Å². The van der Waals surface area contributed by atoms with Crippen LogP contribution in [0.1, 0.15) is 32.6 Å². The smallest absolute Gasteiger partial charge is 0.234 e. The van der Waals surface area contributed by atoms with Crippen LogP contribution in [0.3, 0.4) is 0 Å². The zero-order valence-electron chi connectivity index (χ0n) is 9.07. The Kier molecular flexibility index (Phi) is 3.37. The van der Waals surface area contributed by atoms with Gasteiger partial charge in [0.05, 0.1) is 12.4 Å². The summed E-state index contributed by atoms with van der Waals surface area (Å²) >= 11 is 0. The van der Waals surface area contributed by atoms with Crippen LogP contribution in [0.15, 0.2) is 12.4 Å². The van der Waals surface area contributed by atoms with Crippen LogP contribution in [0, 0.1) is 0 Å². The molecule has 1 heterocycles. The first kappa shape index (κ1) is 10.2. The molecule has 0 bridgehead atoms. The molecule has 1 aromatic rings. The Bertz CT molecular complexity index is 310. The lowest BCUT2D eigenvalue weighted by atomic mass is 10.3. The minimum atomic E-state index is 0.344. The van der Waals surface area contributed by atoms with Gasteiger partial charge < -0.3 is 10.1 Å². The molecule has 1 aliphatic carbocycles. The molecule has 2 rings (SSSR count). The summed E-state index contributed by atoms with van der Waals surface area (Å²) < 4.78 is 5.75. The van der Waals surface area contributed by atoms with Gasteiger partial charge in [-0.1, -0.05) is 0 Å². The van der Waals surface area contributed by atoms with Crippen LogP contribution in [-0.2, 0) is 0 Å². The number of aromatic nitrogens is 2. The topological polar surface area (TPSA) is 47.0 Å². The Morgan fingerprint density at radius 1 is 1.40 bits per heavy atom. The average Bonchev–Trinajstić information content (AvgIpc) is 2.71. The third-order valence-electron chi connectivity index (χ3n) is 2.56. The number of rotatable bonds is 4. The second kappa shape index (κ2) is 4.96. The molecular weight excluding hydrogens is 190 g/mol. The van der Waals surface area contributed by atoms with E-state index in [1.165, 1.54) is 12.8 Å². The highest BCUT2D eigenvalue weighted by Gasteiger charge is 2.17. The fraction of sp³-hybridized carbons (Fsp3) is 0.636. The van der Waals surface area contributed by atoms with Crippen molar-refractivity contribution in [2.45, 2.75) is 38.7 Å². The Balaban J connectivity index is 1.97. The normalized spacial score (nSPS) is 16.6. The zero-order valence-corrected chi connectivity index (χ0v) is 9.07. The summed E-state index contributed by atoms with van der Waals surface area (Å²) in [7, 11) is 0. The predicted molar refractivity (Wildman–Crippen MR) is 59.1 cm³/mol. The largest absolute Gasteiger partial charge is 0.473 e. The van der Waals surface area contributed by atoms with Crippen LogP contribution in [-0.4, -0.2) is 22.6 Å². The fourth-order valence-electron chi connectivity index (χ4n) is 1.85. The first-order valence-corrected chi connectivity index (χ1v) is 5.61. The highest BCUT2D eigenvalue weighted by molar-refractivity contribution is 5.32. The summed E-state index contributed by atoms with van der Waals surface area (Å²) in [5, 5.41) is 3.12. The van der Waals surface area contributed by atoms with E-state index >= 15 is 0 Å². The molecule has 4 heteroatoms. The number of hydrogen-bond acceptors (Lipinski definition) is 4. The van der Waals surface area contributed by atoms with Gasteiger partial charge in [0.25, 0.3) is 0 Å². The molecule has 0 saturated heterocycles. The molecule has 1 N–H and O–H groups in total. The minimum Gasteiger partial charge on any atom is -0.473 e. The lowest BCUT2D eigenvalue weighted by Gasteiger charge is -2.12. The van der Waals surface area contributed by atoms with Crippen molar-refractivity contribution in [3.05, 3.63) is 12.4 Å². The summed E-state index contributed by atoms with van der Waals surface area (Å²) in [5.41, 5.74) is 0. The molecule has 4 nitrogen and oxygen atoms in total. The molecule has 0 atom stereocenters. The van der Waals surface area contributed by atoms with Gasteiger partial charge in [-0.2, -0.15) is 4.98 Å². The second-order valence-electron chi connectivity index (χ2n) is 3.80. The summed E-state index contributed by atoms with van der Waals surface area (Å²) in [6.07, 6.45) is 8.57. The number of anilines is 1. The van der Waals surface area contributed by atoms with Crippen LogP contribution in [0.4, 0.5) is 5.82 Å². The lowest BCUT2D eigenvalue weighted by molar-refractivity contribution is 0.201. The number of ether oxygens (including phenoxy) is 1. The molecule has 1 fully saturated rings. The van der Waals surface area contributed by atoms with Gasteiger partial charge in [-0.05, 0) is 32.6 Å². The summed E-state index contributed by atoms with van der Waals surface area (Å²) in [6, 6.07) is 0. The van der Waals surface area contributed by atoms with Gasteiger partial charge in [-0.3, -0.25) is 4.98 Å². The van der Waals surface area contributed by atoms with E-state index < -0.39 is 0 Å². The van der Waals surface area contributed by atoms with Crippen LogP contribution in [0.5, 0.6) is 5.88 Å². The van der Waals surface area contributed by atoms with Crippen molar-refractivity contribution in [2.24, 2.45) is 0 Å². The van der Waals surface area contributed by atoms with Crippen LogP contribution in [0.2, 0.25) is 0 Å². The highest BCUT2D eigenvalue weighted by atomic mass is 16.5. The highest BCUT2D eigenvalue weighted by Crippen LogP contribution is 2.22. The van der Waals surface area contributed by atoms with E-state index in [-0.39, 0.29) is 0 Å². The monoisotopic (exact) mass is 207 g/mol. The van der Waals surface area contributed by atoms with Crippen molar-refractivity contribution >= 4 is 5.82 Å². The first-order chi connectivity index (χ1) is 7.38. The average molecular weight is 207 g/mol. The Labute approximate surface area is 90.1 Å². The molecule has 0 radical (unpaired) electrons. The maximum Gasteiger partial charge on any atom is 0.234 e. The molecular formula is C11H17N3O. The number of nitrogens with zero attached hydrogens (tertiary/aromatic N) is 2. The third kappa shape index (κ3) is 2.81. The fourth-order valence-corrected chi connectivity index (χ4v) is 1.85. The summed E-state index contributed by atoms with van der Waals surface area (Å²) in [6.45, 7) is 2.88. The molecule has 0 aliphatic heterocycles. The minimum absolute atomic E-state index is 0.344. The Morgan fingerprint density at radius 2 is 2.20 bits per heavy atom. The van der Waals surface area contributed by atoms with Crippen molar-refractivity contribution in [3.8, 4) is 5.88 Å². The SMILES string of the molecule is CCNc1cncc(OC2CCCC2)n1. The van der Waals surface area contributed by atoms with Gasteiger partial charge in [-0.25, -0.2) is 0 Å². The van der Waals surface area contributed by atoms with E-state index in [4.69, 9.17) is 4.74 Å². The van der Waals surface area contributed by atoms with Crippen molar-refractivity contribution < 1.29 is 4.74 Å². The molecule has 0 spiro atoms. The molecule has 1 aliphatic rings. The second-order valence-corrected chi connectivity index (χ2v) is 3.80. The Morgan fingerprint density at radius 3 is 2.93 bits per heavy atom. The quantitative estimate of drug-likeness (QED) is 0.822. The van der Waals surface area contributed by atoms with Crippen LogP contribution >= 0.6 is 0 Å². The van der Waals surface area contributed by atoms with Crippen molar-refractivity contribution in [1.82, 2.24) is 9.97 Å². The standard InChI is InChI=1S/C11H17N3O/c1-2-13-10-7-12-8-11(14-10)15-9-5-3-4-6-9/h7-9H,2-6H2,1H3,(H,13,14). The van der Waals surface area contributed by atoms with Gasteiger partial charge in [0.15, 0.2) is 0 Å².